The van der Waals surface area contributed by atoms with E-state index in [-0.39, 0.29) is 10.8 Å². The number of sulfonamides is 1. The van der Waals surface area contributed by atoms with Crippen LogP contribution in [0, 0.1) is 5.82 Å². The Morgan fingerprint density at radius 1 is 1.16 bits per heavy atom. The first-order valence-electron chi connectivity index (χ1n) is 8.12. The van der Waals surface area contributed by atoms with Crippen molar-refractivity contribution in [2.45, 2.75) is 31.1 Å². The number of aryl methyl sites for hydroxylation is 1. The zero-order chi connectivity index (χ0) is 18.0. The third-order valence-electron chi connectivity index (χ3n) is 4.09. The number of rotatable bonds is 5. The fourth-order valence-electron chi connectivity index (χ4n) is 2.94. The van der Waals surface area contributed by atoms with Gasteiger partial charge in [-0.15, -0.1) is 0 Å². The number of carbonyl (C=O) groups excluding carboxylic acids is 1. The molecule has 1 amide bonds. The van der Waals surface area contributed by atoms with Gasteiger partial charge in [0.2, 0.25) is 5.91 Å². The smallest absolute Gasteiger partial charge is 0.261 e. The number of nitrogens with one attached hydrogen (secondary N) is 1. The van der Waals surface area contributed by atoms with Crippen LogP contribution in [0.4, 0.5) is 15.8 Å². The van der Waals surface area contributed by atoms with E-state index in [9.17, 15) is 17.6 Å². The second-order valence-electron chi connectivity index (χ2n) is 5.95. The van der Waals surface area contributed by atoms with Gasteiger partial charge in [0.05, 0.1) is 4.90 Å². The largest absolute Gasteiger partial charge is 0.312 e. The third-order valence-corrected chi connectivity index (χ3v) is 5.46. The number of fused-ring (bicyclic) bond motifs is 1. The SMILES string of the molecule is CCCN1C(=O)CCc2cc(NS(=O)(=O)c3cccc(F)c3)ccc21. The molecule has 2 aromatic carbocycles. The monoisotopic (exact) mass is 362 g/mol. The molecule has 0 unspecified atom stereocenters. The summed E-state index contributed by atoms with van der Waals surface area (Å²) in [4.78, 5) is 13.7. The highest BCUT2D eigenvalue weighted by atomic mass is 32.2. The van der Waals surface area contributed by atoms with Crippen LogP contribution in [0.5, 0.6) is 0 Å². The molecule has 25 heavy (non-hydrogen) atoms. The van der Waals surface area contributed by atoms with Crippen molar-refractivity contribution in [3.8, 4) is 0 Å². The minimum atomic E-state index is -3.87. The van der Waals surface area contributed by atoms with Crippen LogP contribution >= 0.6 is 0 Å². The molecule has 3 rings (SSSR count). The van der Waals surface area contributed by atoms with E-state index in [1.54, 1.807) is 23.1 Å². The normalized spacial score (nSPS) is 14.3. The summed E-state index contributed by atoms with van der Waals surface area (Å²) in [7, 11) is -3.87. The maximum absolute atomic E-state index is 13.3. The van der Waals surface area contributed by atoms with Gasteiger partial charge in [0, 0.05) is 24.3 Å². The van der Waals surface area contributed by atoms with E-state index in [4.69, 9.17) is 0 Å². The highest BCUT2D eigenvalue weighted by Crippen LogP contribution is 2.31. The van der Waals surface area contributed by atoms with Gasteiger partial charge < -0.3 is 4.90 Å². The van der Waals surface area contributed by atoms with E-state index in [1.165, 1.54) is 18.2 Å². The summed E-state index contributed by atoms with van der Waals surface area (Å²) in [6, 6.07) is 9.97. The van der Waals surface area contributed by atoms with E-state index < -0.39 is 15.8 Å². The molecule has 0 radical (unpaired) electrons. The van der Waals surface area contributed by atoms with Crippen LogP contribution in [0.25, 0.3) is 0 Å². The molecule has 1 N–H and O–H groups in total. The molecule has 0 bridgehead atoms. The van der Waals surface area contributed by atoms with Crippen molar-refractivity contribution >= 4 is 27.3 Å². The Hall–Kier alpha value is -2.41. The number of hydrogen-bond donors (Lipinski definition) is 1. The van der Waals surface area contributed by atoms with Crippen molar-refractivity contribution in [3.63, 3.8) is 0 Å². The van der Waals surface area contributed by atoms with Gasteiger partial charge in [0.15, 0.2) is 0 Å². The van der Waals surface area contributed by atoms with Crippen LogP contribution in [-0.2, 0) is 21.2 Å². The second kappa shape index (κ2) is 6.84. The number of anilines is 2. The van der Waals surface area contributed by atoms with Crippen molar-refractivity contribution in [3.05, 3.63) is 53.8 Å². The lowest BCUT2D eigenvalue weighted by Crippen LogP contribution is -2.35. The quantitative estimate of drug-likeness (QED) is 0.887. The minimum absolute atomic E-state index is 0.0856. The van der Waals surface area contributed by atoms with Crippen LogP contribution in [0.1, 0.15) is 25.3 Å². The molecule has 7 heteroatoms. The van der Waals surface area contributed by atoms with E-state index in [1.807, 2.05) is 6.92 Å². The van der Waals surface area contributed by atoms with E-state index in [0.29, 0.717) is 25.1 Å². The van der Waals surface area contributed by atoms with Gasteiger partial charge in [-0.25, -0.2) is 12.8 Å². The number of nitrogens with zero attached hydrogens (tertiary/aromatic N) is 1. The van der Waals surface area contributed by atoms with E-state index in [2.05, 4.69) is 4.72 Å². The average Bonchev–Trinajstić information content (AvgIpc) is 2.57. The lowest BCUT2D eigenvalue weighted by atomic mass is 10.0. The van der Waals surface area contributed by atoms with Gasteiger partial charge in [-0.1, -0.05) is 13.0 Å². The lowest BCUT2D eigenvalue weighted by molar-refractivity contribution is -0.118. The number of amides is 1. The summed E-state index contributed by atoms with van der Waals surface area (Å²) in [5.41, 5.74) is 2.15. The number of hydrogen-bond acceptors (Lipinski definition) is 3. The summed E-state index contributed by atoms with van der Waals surface area (Å²) < 4.78 is 40.6. The fourth-order valence-corrected chi connectivity index (χ4v) is 4.02. The van der Waals surface area contributed by atoms with Gasteiger partial charge in [0.25, 0.3) is 10.0 Å². The first kappa shape index (κ1) is 17.4. The third kappa shape index (κ3) is 3.66. The van der Waals surface area contributed by atoms with Crippen LogP contribution < -0.4 is 9.62 Å². The second-order valence-corrected chi connectivity index (χ2v) is 7.63. The first-order valence-corrected chi connectivity index (χ1v) is 9.60. The molecule has 0 saturated carbocycles. The standard InChI is InChI=1S/C18H19FN2O3S/c1-2-10-21-17-8-7-15(11-13(17)6-9-18(21)22)20-25(23,24)16-5-3-4-14(19)12-16/h3-5,7-8,11-12,20H,2,6,9-10H2,1H3. The summed E-state index contributed by atoms with van der Waals surface area (Å²) in [6.45, 7) is 2.64. The number of halogens is 1. The Morgan fingerprint density at radius 3 is 2.68 bits per heavy atom. The molecule has 0 saturated heterocycles. The Morgan fingerprint density at radius 2 is 1.96 bits per heavy atom. The maximum Gasteiger partial charge on any atom is 0.261 e. The Balaban J connectivity index is 1.89. The molecule has 0 atom stereocenters. The average molecular weight is 362 g/mol. The van der Waals surface area contributed by atoms with Gasteiger partial charge >= 0.3 is 0 Å². The Kier molecular flexibility index (Phi) is 4.76. The molecule has 0 aromatic heterocycles. The van der Waals surface area contributed by atoms with Crippen molar-refractivity contribution in [1.29, 1.82) is 0 Å². The molecule has 1 aliphatic rings. The highest BCUT2D eigenvalue weighted by molar-refractivity contribution is 7.92. The molecule has 0 aliphatic carbocycles. The molecule has 0 spiro atoms. The summed E-state index contributed by atoms with van der Waals surface area (Å²) in [6.07, 6.45) is 1.83. The van der Waals surface area contributed by atoms with Crippen molar-refractivity contribution < 1.29 is 17.6 Å². The summed E-state index contributed by atoms with van der Waals surface area (Å²) >= 11 is 0. The zero-order valence-electron chi connectivity index (χ0n) is 13.8. The molecule has 5 nitrogen and oxygen atoms in total. The van der Waals surface area contributed by atoms with E-state index >= 15 is 0 Å². The van der Waals surface area contributed by atoms with Crippen LogP contribution in [0.15, 0.2) is 47.4 Å². The van der Waals surface area contributed by atoms with Crippen LogP contribution in [-0.4, -0.2) is 20.9 Å². The van der Waals surface area contributed by atoms with Crippen molar-refractivity contribution in [2.75, 3.05) is 16.2 Å². The predicted molar refractivity (Wildman–Crippen MR) is 94.6 cm³/mol. The lowest BCUT2D eigenvalue weighted by Gasteiger charge is -2.29. The molecule has 0 fully saturated rings. The maximum atomic E-state index is 13.3. The molecular weight excluding hydrogens is 343 g/mol. The van der Waals surface area contributed by atoms with Crippen molar-refractivity contribution in [1.82, 2.24) is 0 Å². The van der Waals surface area contributed by atoms with Gasteiger partial charge in [-0.05, 0) is 54.8 Å². The van der Waals surface area contributed by atoms with Gasteiger partial charge in [-0.2, -0.15) is 0 Å². The molecule has 2 aromatic rings. The predicted octanol–water partition coefficient (Wildman–Crippen LogP) is 3.32. The highest BCUT2D eigenvalue weighted by Gasteiger charge is 2.24. The van der Waals surface area contributed by atoms with Crippen molar-refractivity contribution in [2.24, 2.45) is 0 Å². The first-order chi connectivity index (χ1) is 11.9. The number of carbonyl (C=O) groups is 1. The zero-order valence-corrected chi connectivity index (χ0v) is 14.6. The molecule has 1 aliphatic heterocycles. The van der Waals surface area contributed by atoms with Gasteiger partial charge in [-0.3, -0.25) is 9.52 Å². The Labute approximate surface area is 146 Å². The minimum Gasteiger partial charge on any atom is -0.312 e. The Bertz CT molecular complexity index is 912. The molecular formula is C18H19FN2O3S. The van der Waals surface area contributed by atoms with E-state index in [0.717, 1.165) is 23.7 Å². The fraction of sp³-hybridized carbons (Fsp3) is 0.278. The van der Waals surface area contributed by atoms with Crippen LogP contribution in [0.2, 0.25) is 0 Å². The topological polar surface area (TPSA) is 66.5 Å². The summed E-state index contributed by atoms with van der Waals surface area (Å²) in [5.74, 6) is -0.524. The molecule has 1 heterocycles. The number of benzene rings is 2. The molecule has 132 valence electrons. The van der Waals surface area contributed by atoms with Crippen LogP contribution in [0.3, 0.4) is 0 Å². The van der Waals surface area contributed by atoms with Gasteiger partial charge in [0.1, 0.15) is 5.82 Å². The summed E-state index contributed by atoms with van der Waals surface area (Å²) in [5, 5.41) is 0.